The van der Waals surface area contributed by atoms with Crippen molar-refractivity contribution in [2.24, 2.45) is 0 Å². The molecule has 1 aliphatic rings. The standard InChI is InChI=1S/C7H8BrNO3/c1-7(6(11)12)2-5(10)4(8)3-9-7/h2-3,9-10H,1H3,(H,11,12). The third-order valence-electron chi connectivity index (χ3n) is 1.61. The van der Waals surface area contributed by atoms with Crippen LogP contribution < -0.4 is 5.32 Å². The fraction of sp³-hybridized carbons (Fsp3) is 0.286. The molecule has 1 heterocycles. The minimum Gasteiger partial charge on any atom is -0.507 e. The summed E-state index contributed by atoms with van der Waals surface area (Å²) in [4.78, 5) is 10.7. The van der Waals surface area contributed by atoms with Crippen molar-refractivity contribution in [2.75, 3.05) is 0 Å². The minimum atomic E-state index is -1.22. The summed E-state index contributed by atoms with van der Waals surface area (Å²) < 4.78 is 0.446. The molecule has 0 aromatic heterocycles. The second-order valence-electron chi connectivity index (χ2n) is 2.67. The third kappa shape index (κ3) is 1.45. The van der Waals surface area contributed by atoms with Crippen molar-refractivity contribution in [1.29, 1.82) is 0 Å². The lowest BCUT2D eigenvalue weighted by atomic mass is 10.00. The molecule has 0 aliphatic carbocycles. The highest BCUT2D eigenvalue weighted by Gasteiger charge is 2.32. The number of carboxylic acids is 1. The smallest absolute Gasteiger partial charge is 0.333 e. The molecular weight excluding hydrogens is 226 g/mol. The molecule has 0 saturated heterocycles. The number of hydrogen-bond acceptors (Lipinski definition) is 3. The molecule has 1 rings (SSSR count). The molecule has 66 valence electrons. The van der Waals surface area contributed by atoms with E-state index in [-0.39, 0.29) is 5.76 Å². The SMILES string of the molecule is CC1(C(=O)O)C=C(O)C(Br)=CN1. The molecule has 0 spiro atoms. The number of aliphatic hydroxyl groups is 1. The fourth-order valence-corrected chi connectivity index (χ4v) is 1.02. The van der Waals surface area contributed by atoms with E-state index in [2.05, 4.69) is 21.2 Å². The van der Waals surface area contributed by atoms with Crippen molar-refractivity contribution < 1.29 is 15.0 Å². The quantitative estimate of drug-likeness (QED) is 0.635. The average Bonchev–Trinajstić information content (AvgIpc) is 1.97. The van der Waals surface area contributed by atoms with E-state index in [1.807, 2.05) is 0 Å². The zero-order valence-corrected chi connectivity index (χ0v) is 7.92. The zero-order chi connectivity index (χ0) is 9.35. The van der Waals surface area contributed by atoms with Gasteiger partial charge in [-0.15, -0.1) is 0 Å². The Balaban J connectivity index is 2.98. The van der Waals surface area contributed by atoms with Gasteiger partial charge < -0.3 is 15.5 Å². The molecule has 3 N–H and O–H groups in total. The Kier molecular flexibility index (Phi) is 2.14. The summed E-state index contributed by atoms with van der Waals surface area (Å²) in [6.07, 6.45) is 2.64. The number of aliphatic hydroxyl groups excluding tert-OH is 1. The first kappa shape index (κ1) is 9.12. The Morgan fingerprint density at radius 2 is 2.33 bits per heavy atom. The lowest BCUT2D eigenvalue weighted by Crippen LogP contribution is -2.46. The highest BCUT2D eigenvalue weighted by Crippen LogP contribution is 2.22. The molecule has 1 unspecified atom stereocenters. The van der Waals surface area contributed by atoms with E-state index in [4.69, 9.17) is 5.11 Å². The maximum absolute atomic E-state index is 10.7. The van der Waals surface area contributed by atoms with Crippen molar-refractivity contribution in [3.8, 4) is 0 Å². The predicted octanol–water partition coefficient (Wildman–Crippen LogP) is 1.11. The van der Waals surface area contributed by atoms with Crippen molar-refractivity contribution in [2.45, 2.75) is 12.5 Å². The average molecular weight is 234 g/mol. The van der Waals surface area contributed by atoms with E-state index in [0.29, 0.717) is 4.48 Å². The first-order valence-electron chi connectivity index (χ1n) is 3.25. The van der Waals surface area contributed by atoms with Crippen LogP contribution in [0.5, 0.6) is 0 Å². The first-order valence-corrected chi connectivity index (χ1v) is 4.04. The van der Waals surface area contributed by atoms with Gasteiger partial charge in [0.25, 0.3) is 0 Å². The van der Waals surface area contributed by atoms with Crippen LogP contribution in [-0.2, 0) is 4.79 Å². The van der Waals surface area contributed by atoms with E-state index in [1.54, 1.807) is 0 Å². The summed E-state index contributed by atoms with van der Waals surface area (Å²) in [5.74, 6) is -1.11. The molecule has 4 nitrogen and oxygen atoms in total. The molecule has 0 amide bonds. The van der Waals surface area contributed by atoms with E-state index < -0.39 is 11.5 Å². The second-order valence-corrected chi connectivity index (χ2v) is 3.53. The van der Waals surface area contributed by atoms with E-state index >= 15 is 0 Å². The molecule has 1 aliphatic heterocycles. The second kappa shape index (κ2) is 2.82. The van der Waals surface area contributed by atoms with Crippen LogP contribution in [0.1, 0.15) is 6.92 Å². The van der Waals surface area contributed by atoms with Crippen LogP contribution >= 0.6 is 15.9 Å². The number of nitrogens with one attached hydrogen (secondary N) is 1. The van der Waals surface area contributed by atoms with Crippen LogP contribution in [0.25, 0.3) is 0 Å². The van der Waals surface area contributed by atoms with Gasteiger partial charge in [-0.25, -0.2) is 4.79 Å². The van der Waals surface area contributed by atoms with Crippen LogP contribution in [0.4, 0.5) is 0 Å². The molecule has 0 aromatic rings. The normalized spacial score (nSPS) is 28.5. The van der Waals surface area contributed by atoms with Crippen molar-refractivity contribution >= 4 is 21.9 Å². The third-order valence-corrected chi connectivity index (χ3v) is 2.25. The van der Waals surface area contributed by atoms with Gasteiger partial charge in [0.05, 0.1) is 4.48 Å². The van der Waals surface area contributed by atoms with E-state index in [9.17, 15) is 9.90 Å². The Hall–Kier alpha value is -0.970. The Bertz CT molecular complexity index is 284. The van der Waals surface area contributed by atoms with Crippen LogP contribution in [-0.4, -0.2) is 21.7 Å². The number of hydrogen-bond donors (Lipinski definition) is 3. The molecule has 0 aromatic carbocycles. The summed E-state index contributed by atoms with van der Waals surface area (Å²) in [5.41, 5.74) is -1.22. The number of allylic oxidation sites excluding steroid dienone is 1. The van der Waals surface area contributed by atoms with Gasteiger partial charge in [-0.1, -0.05) is 0 Å². The van der Waals surface area contributed by atoms with Gasteiger partial charge in [-0.2, -0.15) is 0 Å². The van der Waals surface area contributed by atoms with Gasteiger partial charge in [-0.05, 0) is 28.9 Å². The number of rotatable bonds is 1. The monoisotopic (exact) mass is 233 g/mol. The van der Waals surface area contributed by atoms with Gasteiger partial charge in [0, 0.05) is 6.20 Å². The molecule has 0 bridgehead atoms. The summed E-state index contributed by atoms with van der Waals surface area (Å²) >= 11 is 3.04. The lowest BCUT2D eigenvalue weighted by Gasteiger charge is -2.25. The Morgan fingerprint density at radius 1 is 1.75 bits per heavy atom. The molecule has 0 saturated carbocycles. The minimum absolute atomic E-state index is 0.0707. The number of aliphatic carboxylic acids is 1. The van der Waals surface area contributed by atoms with Crippen LogP contribution in [0.2, 0.25) is 0 Å². The highest BCUT2D eigenvalue weighted by molar-refractivity contribution is 9.11. The van der Waals surface area contributed by atoms with Crippen LogP contribution in [0.15, 0.2) is 22.5 Å². The number of carbonyl (C=O) groups is 1. The topological polar surface area (TPSA) is 69.6 Å². The zero-order valence-electron chi connectivity index (χ0n) is 6.34. The van der Waals surface area contributed by atoms with Crippen molar-refractivity contribution in [1.82, 2.24) is 5.32 Å². The highest BCUT2D eigenvalue weighted by atomic mass is 79.9. The van der Waals surface area contributed by atoms with Crippen LogP contribution in [0.3, 0.4) is 0 Å². The molecule has 5 heteroatoms. The molecular formula is C7H8BrNO3. The lowest BCUT2D eigenvalue weighted by molar-refractivity contribution is -0.141. The molecule has 0 radical (unpaired) electrons. The van der Waals surface area contributed by atoms with Crippen molar-refractivity contribution in [3.05, 3.63) is 22.5 Å². The Morgan fingerprint density at radius 3 is 2.75 bits per heavy atom. The molecule has 0 fully saturated rings. The number of dihydropyridines is 1. The number of carboxylic acid groups (broad SMARTS) is 1. The van der Waals surface area contributed by atoms with E-state index in [0.717, 1.165) is 0 Å². The number of halogens is 1. The summed E-state index contributed by atoms with van der Waals surface area (Å²) in [6, 6.07) is 0. The first-order chi connectivity index (χ1) is 5.46. The molecule has 1 atom stereocenters. The van der Waals surface area contributed by atoms with Gasteiger partial charge in [0.2, 0.25) is 0 Å². The van der Waals surface area contributed by atoms with Gasteiger partial charge in [0.15, 0.2) is 5.54 Å². The maximum atomic E-state index is 10.7. The van der Waals surface area contributed by atoms with Crippen molar-refractivity contribution in [3.63, 3.8) is 0 Å². The largest absolute Gasteiger partial charge is 0.507 e. The Labute approximate surface area is 77.7 Å². The van der Waals surface area contributed by atoms with Crippen LogP contribution in [0, 0.1) is 0 Å². The fourth-order valence-electron chi connectivity index (χ4n) is 0.795. The van der Waals surface area contributed by atoms with Gasteiger partial charge >= 0.3 is 5.97 Å². The maximum Gasteiger partial charge on any atom is 0.333 e. The summed E-state index contributed by atoms with van der Waals surface area (Å²) in [6.45, 7) is 1.46. The van der Waals surface area contributed by atoms with E-state index in [1.165, 1.54) is 19.2 Å². The summed E-state index contributed by atoms with van der Waals surface area (Å²) in [7, 11) is 0. The van der Waals surface area contributed by atoms with Gasteiger partial charge in [0.1, 0.15) is 5.76 Å². The predicted molar refractivity (Wildman–Crippen MR) is 46.9 cm³/mol. The summed E-state index contributed by atoms with van der Waals surface area (Å²) in [5, 5.41) is 20.6. The van der Waals surface area contributed by atoms with Gasteiger partial charge in [-0.3, -0.25) is 0 Å². The molecule has 12 heavy (non-hydrogen) atoms.